The number of hydrogen-bond donors (Lipinski definition) is 2. The monoisotopic (exact) mass is 477 g/mol. The van der Waals surface area contributed by atoms with Crippen LogP contribution in [0, 0.1) is 0 Å². The third-order valence-corrected chi connectivity index (χ3v) is 6.29. The van der Waals surface area contributed by atoms with E-state index in [0.717, 1.165) is 0 Å². The van der Waals surface area contributed by atoms with Gasteiger partial charge in [0.25, 0.3) is 0 Å². The molecular formula is C23H32N3O6P. The Morgan fingerprint density at radius 3 is 2.64 bits per heavy atom. The predicted octanol–water partition coefficient (Wildman–Crippen LogP) is 2.70. The Balaban J connectivity index is 1.97. The van der Waals surface area contributed by atoms with E-state index in [-0.39, 0.29) is 30.4 Å². The van der Waals surface area contributed by atoms with Crippen molar-refractivity contribution >= 4 is 26.6 Å². The van der Waals surface area contributed by atoms with Crippen molar-refractivity contribution in [1.82, 2.24) is 15.3 Å². The molecule has 33 heavy (non-hydrogen) atoms. The molecule has 0 saturated carbocycles. The van der Waals surface area contributed by atoms with E-state index in [9.17, 15) is 14.4 Å². The number of rotatable bonds is 13. The first-order chi connectivity index (χ1) is 15.9. The number of esters is 1. The molecular weight excluding hydrogens is 445 g/mol. The standard InChI is InChI=1S/C23H32N3O6P/c1-5-30-23(29)18(3)25-33(32-20-9-7-6-8-10-20)16-31-21-12-11-19(13-21)26(15-27)14-17(2)22(28)24-4/h6-12,14-15,18-19,21,25H,5,13,16H2,1-4H3,(H,24,28)/b17-14-. The van der Waals surface area contributed by atoms with Crippen LogP contribution in [-0.2, 0) is 23.9 Å². The van der Waals surface area contributed by atoms with Crippen LogP contribution < -0.4 is 14.9 Å². The van der Waals surface area contributed by atoms with E-state index in [4.69, 9.17) is 14.0 Å². The van der Waals surface area contributed by atoms with Crippen LogP contribution in [0.5, 0.6) is 5.75 Å². The quantitative estimate of drug-likeness (QED) is 0.148. The van der Waals surface area contributed by atoms with Crippen LogP contribution in [0.1, 0.15) is 27.2 Å². The zero-order valence-corrected chi connectivity index (χ0v) is 20.3. The highest BCUT2D eigenvalue weighted by molar-refractivity contribution is 7.50. The van der Waals surface area contributed by atoms with Crippen LogP contribution in [0.25, 0.3) is 0 Å². The molecule has 0 bridgehead atoms. The molecule has 0 fully saturated rings. The van der Waals surface area contributed by atoms with Gasteiger partial charge < -0.3 is 24.2 Å². The van der Waals surface area contributed by atoms with Crippen molar-refractivity contribution in [2.75, 3.05) is 20.0 Å². The van der Waals surface area contributed by atoms with E-state index < -0.39 is 14.3 Å². The predicted molar refractivity (Wildman–Crippen MR) is 126 cm³/mol. The summed E-state index contributed by atoms with van der Waals surface area (Å²) in [5.74, 6) is 0.0575. The van der Waals surface area contributed by atoms with Crippen molar-refractivity contribution in [3.05, 3.63) is 54.3 Å². The number of nitrogens with zero attached hydrogens (tertiary/aromatic N) is 1. The van der Waals surface area contributed by atoms with E-state index in [1.54, 1.807) is 20.8 Å². The Kier molecular flexibility index (Phi) is 11.0. The Bertz CT molecular complexity index is 848. The second-order valence-electron chi connectivity index (χ2n) is 7.35. The summed E-state index contributed by atoms with van der Waals surface area (Å²) in [6.45, 7) is 5.42. The van der Waals surface area contributed by atoms with Gasteiger partial charge in [-0.1, -0.05) is 30.4 Å². The molecule has 2 amide bonds. The third-order valence-electron chi connectivity index (χ3n) is 4.80. The molecule has 1 aliphatic carbocycles. The fourth-order valence-corrected chi connectivity index (χ4v) is 4.49. The molecule has 0 aromatic heterocycles. The lowest BCUT2D eigenvalue weighted by Gasteiger charge is -2.25. The number of ether oxygens (including phenoxy) is 2. The van der Waals surface area contributed by atoms with Gasteiger partial charge in [-0.15, -0.1) is 0 Å². The van der Waals surface area contributed by atoms with Gasteiger partial charge in [0, 0.05) is 25.2 Å². The summed E-state index contributed by atoms with van der Waals surface area (Å²) in [6, 6.07) is 8.51. The van der Waals surface area contributed by atoms with Crippen LogP contribution in [0.4, 0.5) is 0 Å². The molecule has 0 radical (unpaired) electrons. The van der Waals surface area contributed by atoms with Crippen molar-refractivity contribution in [2.45, 2.75) is 45.4 Å². The molecule has 1 aliphatic rings. The molecule has 9 nitrogen and oxygen atoms in total. The summed E-state index contributed by atoms with van der Waals surface area (Å²) >= 11 is 0. The maximum absolute atomic E-state index is 12.0. The molecule has 1 aromatic carbocycles. The lowest BCUT2D eigenvalue weighted by atomic mass is 10.2. The minimum absolute atomic E-state index is 0.222. The summed E-state index contributed by atoms with van der Waals surface area (Å²) in [7, 11) is 0.190. The van der Waals surface area contributed by atoms with Gasteiger partial charge in [0.1, 0.15) is 18.1 Å². The molecule has 0 heterocycles. The van der Waals surface area contributed by atoms with Gasteiger partial charge in [0.2, 0.25) is 12.3 Å². The maximum Gasteiger partial charge on any atom is 0.323 e. The highest BCUT2D eigenvalue weighted by Crippen LogP contribution is 2.36. The first-order valence-electron chi connectivity index (χ1n) is 10.7. The highest BCUT2D eigenvalue weighted by Gasteiger charge is 2.27. The van der Waals surface area contributed by atoms with E-state index >= 15 is 0 Å². The number of benzene rings is 1. The van der Waals surface area contributed by atoms with Crippen LogP contribution in [-0.4, -0.2) is 61.4 Å². The Hall–Kier alpha value is -2.74. The maximum atomic E-state index is 12.0. The lowest BCUT2D eigenvalue weighted by molar-refractivity contribution is -0.144. The Morgan fingerprint density at radius 2 is 2.00 bits per heavy atom. The summed E-state index contributed by atoms with van der Waals surface area (Å²) in [6.07, 6.45) is 6.50. The van der Waals surface area contributed by atoms with Crippen molar-refractivity contribution in [3.8, 4) is 5.75 Å². The Morgan fingerprint density at radius 1 is 1.27 bits per heavy atom. The number of hydrogen-bond acceptors (Lipinski definition) is 7. The first kappa shape index (κ1) is 26.5. The first-order valence-corrected chi connectivity index (χ1v) is 12.2. The Labute approximate surface area is 196 Å². The summed E-state index contributed by atoms with van der Waals surface area (Å²) < 4.78 is 17.1. The zero-order chi connectivity index (χ0) is 24.2. The van der Waals surface area contributed by atoms with Gasteiger partial charge in [-0.3, -0.25) is 14.4 Å². The minimum atomic E-state index is -1.35. The molecule has 0 spiro atoms. The highest BCUT2D eigenvalue weighted by atomic mass is 31.2. The smallest absolute Gasteiger partial charge is 0.323 e. The summed E-state index contributed by atoms with van der Waals surface area (Å²) in [5, 5.41) is 5.70. The largest absolute Gasteiger partial charge is 0.465 e. The van der Waals surface area contributed by atoms with Gasteiger partial charge in [-0.2, -0.15) is 0 Å². The molecule has 2 N–H and O–H groups in total. The van der Waals surface area contributed by atoms with E-state index in [2.05, 4.69) is 10.4 Å². The molecule has 4 unspecified atom stereocenters. The molecule has 1 aromatic rings. The molecule has 10 heteroatoms. The molecule has 2 rings (SSSR count). The average Bonchev–Trinajstić information content (AvgIpc) is 3.29. The van der Waals surface area contributed by atoms with Gasteiger partial charge in [-0.05, 0) is 32.9 Å². The van der Waals surface area contributed by atoms with Crippen molar-refractivity contribution in [3.63, 3.8) is 0 Å². The summed E-state index contributed by atoms with van der Waals surface area (Å²) in [5.41, 5.74) is 0.430. The van der Waals surface area contributed by atoms with Crippen molar-refractivity contribution in [2.24, 2.45) is 0 Å². The van der Waals surface area contributed by atoms with Crippen LogP contribution in [0.3, 0.4) is 0 Å². The van der Waals surface area contributed by atoms with Crippen LogP contribution in [0.2, 0.25) is 0 Å². The molecule has 180 valence electrons. The number of carbonyl (C=O) groups excluding carboxylic acids is 3. The van der Waals surface area contributed by atoms with Crippen LogP contribution >= 0.6 is 8.30 Å². The molecule has 0 saturated heterocycles. The fourth-order valence-electron chi connectivity index (χ4n) is 3.07. The van der Waals surface area contributed by atoms with E-state index in [1.165, 1.54) is 18.1 Å². The summed E-state index contributed by atoms with van der Waals surface area (Å²) in [4.78, 5) is 36.8. The van der Waals surface area contributed by atoms with Gasteiger partial charge in [0.05, 0.1) is 18.8 Å². The SMILES string of the molecule is CCOC(=O)C(C)NP(COC1C=CC(N(C=O)/C=C(/C)C(=O)NC)C1)Oc1ccccc1. The minimum Gasteiger partial charge on any atom is -0.465 e. The fraction of sp³-hybridized carbons (Fsp3) is 0.435. The van der Waals surface area contributed by atoms with Gasteiger partial charge in [0.15, 0.2) is 8.30 Å². The topological polar surface area (TPSA) is 106 Å². The van der Waals surface area contributed by atoms with Crippen molar-refractivity contribution in [1.29, 1.82) is 0 Å². The molecule has 4 atom stereocenters. The van der Waals surface area contributed by atoms with Crippen LogP contribution in [0.15, 0.2) is 54.3 Å². The van der Waals surface area contributed by atoms with Gasteiger partial charge >= 0.3 is 5.97 Å². The average molecular weight is 477 g/mol. The number of amides is 2. The number of carbonyl (C=O) groups is 3. The van der Waals surface area contributed by atoms with E-state index in [0.29, 0.717) is 30.8 Å². The zero-order valence-electron chi connectivity index (χ0n) is 19.4. The van der Waals surface area contributed by atoms with Crippen molar-refractivity contribution < 1.29 is 28.4 Å². The number of para-hydroxylation sites is 1. The lowest BCUT2D eigenvalue weighted by Crippen LogP contribution is -2.34. The normalized spacial score (nSPS) is 19.5. The second-order valence-corrected chi connectivity index (χ2v) is 8.81. The number of likely N-dealkylation sites (N-methyl/N-ethyl adjacent to an activating group) is 1. The van der Waals surface area contributed by atoms with Gasteiger partial charge in [-0.25, -0.2) is 5.09 Å². The second kappa shape index (κ2) is 13.7. The number of nitrogens with one attached hydrogen (secondary N) is 2. The third kappa shape index (κ3) is 8.61. The van der Waals surface area contributed by atoms with E-state index in [1.807, 2.05) is 42.5 Å². The molecule has 0 aliphatic heterocycles.